The van der Waals surface area contributed by atoms with E-state index in [1.54, 1.807) is 19.1 Å². The quantitative estimate of drug-likeness (QED) is 0.664. The van der Waals surface area contributed by atoms with E-state index in [4.69, 9.17) is 5.11 Å². The van der Waals surface area contributed by atoms with Crippen molar-refractivity contribution in [2.75, 3.05) is 18.0 Å². The Kier molecular flexibility index (Phi) is 3.42. The predicted octanol–water partition coefficient (Wildman–Crippen LogP) is 2.06. The third-order valence-electron chi connectivity index (χ3n) is 3.67. The number of hydrogen-bond donors (Lipinski definition) is 1. The summed E-state index contributed by atoms with van der Waals surface area (Å²) in [6.07, 6.45) is 0. The molecule has 0 radical (unpaired) electrons. The van der Waals surface area contributed by atoms with E-state index >= 15 is 0 Å². The molecular formula is C13H16N2O4. The van der Waals surface area contributed by atoms with Crippen molar-refractivity contribution in [3.05, 3.63) is 33.9 Å². The third kappa shape index (κ3) is 2.52. The molecule has 6 heteroatoms. The minimum atomic E-state index is -0.816. The number of carboxylic acid groups (broad SMARTS) is 1. The lowest BCUT2D eigenvalue weighted by molar-refractivity contribution is -0.384. The molecule has 1 aromatic carbocycles. The molecule has 1 heterocycles. The summed E-state index contributed by atoms with van der Waals surface area (Å²) in [5.74, 6) is -1.18. The second kappa shape index (κ2) is 4.87. The van der Waals surface area contributed by atoms with Crippen LogP contribution >= 0.6 is 0 Å². The average Bonchev–Trinajstić information content (AvgIpc) is 2.26. The molecule has 6 nitrogen and oxygen atoms in total. The van der Waals surface area contributed by atoms with Gasteiger partial charge in [-0.15, -0.1) is 0 Å². The largest absolute Gasteiger partial charge is 0.481 e. The minimum Gasteiger partial charge on any atom is -0.481 e. The molecule has 1 atom stereocenters. The Morgan fingerprint density at radius 1 is 1.53 bits per heavy atom. The van der Waals surface area contributed by atoms with E-state index < -0.39 is 16.8 Å². The SMILES string of the molecule is Cc1ccc([N+](=O)[O-])c(N2CC(C(C)C(=O)O)C2)c1. The highest BCUT2D eigenvalue weighted by Crippen LogP contribution is 2.36. The molecule has 19 heavy (non-hydrogen) atoms. The van der Waals surface area contributed by atoms with Gasteiger partial charge in [-0.2, -0.15) is 0 Å². The van der Waals surface area contributed by atoms with Gasteiger partial charge in [-0.05, 0) is 18.6 Å². The molecule has 1 unspecified atom stereocenters. The van der Waals surface area contributed by atoms with Gasteiger partial charge < -0.3 is 10.0 Å². The topological polar surface area (TPSA) is 83.7 Å². The molecule has 1 aliphatic rings. The lowest BCUT2D eigenvalue weighted by Gasteiger charge is -2.42. The fourth-order valence-corrected chi connectivity index (χ4v) is 2.27. The Morgan fingerprint density at radius 3 is 2.68 bits per heavy atom. The van der Waals surface area contributed by atoms with Crippen molar-refractivity contribution in [1.82, 2.24) is 0 Å². The maximum Gasteiger partial charge on any atom is 0.306 e. The predicted molar refractivity (Wildman–Crippen MR) is 70.3 cm³/mol. The van der Waals surface area contributed by atoms with Gasteiger partial charge >= 0.3 is 5.97 Å². The van der Waals surface area contributed by atoms with Gasteiger partial charge in [-0.25, -0.2) is 0 Å². The highest BCUT2D eigenvalue weighted by molar-refractivity contribution is 5.71. The summed E-state index contributed by atoms with van der Waals surface area (Å²) in [4.78, 5) is 23.3. The van der Waals surface area contributed by atoms with Gasteiger partial charge in [0, 0.05) is 25.1 Å². The molecule has 0 amide bonds. The summed E-state index contributed by atoms with van der Waals surface area (Å²) in [5, 5.41) is 19.9. The molecule has 0 saturated carbocycles. The van der Waals surface area contributed by atoms with Gasteiger partial charge in [0.1, 0.15) is 5.69 Å². The van der Waals surface area contributed by atoms with Crippen LogP contribution in [0.15, 0.2) is 18.2 Å². The highest BCUT2D eigenvalue weighted by Gasteiger charge is 2.37. The smallest absolute Gasteiger partial charge is 0.306 e. The summed E-state index contributed by atoms with van der Waals surface area (Å²) >= 11 is 0. The van der Waals surface area contributed by atoms with Crippen LogP contribution in [0, 0.1) is 28.9 Å². The molecule has 0 bridgehead atoms. The molecule has 0 aromatic heterocycles. The lowest BCUT2D eigenvalue weighted by Crippen LogP contribution is -2.51. The molecular weight excluding hydrogens is 248 g/mol. The Balaban J connectivity index is 2.15. The first-order chi connectivity index (χ1) is 8.90. The number of hydrogen-bond acceptors (Lipinski definition) is 4. The van der Waals surface area contributed by atoms with Gasteiger partial charge in [-0.1, -0.05) is 13.0 Å². The van der Waals surface area contributed by atoms with Crippen molar-refractivity contribution in [2.45, 2.75) is 13.8 Å². The number of carboxylic acids is 1. The zero-order valence-corrected chi connectivity index (χ0v) is 10.9. The number of aryl methyl sites for hydroxylation is 1. The normalized spacial score (nSPS) is 16.8. The van der Waals surface area contributed by atoms with Crippen molar-refractivity contribution < 1.29 is 14.8 Å². The first-order valence-corrected chi connectivity index (χ1v) is 6.13. The van der Waals surface area contributed by atoms with Crippen LogP contribution in [0.3, 0.4) is 0 Å². The van der Waals surface area contributed by atoms with Crippen molar-refractivity contribution in [3.8, 4) is 0 Å². The molecule has 1 saturated heterocycles. The van der Waals surface area contributed by atoms with Crippen molar-refractivity contribution in [2.24, 2.45) is 11.8 Å². The van der Waals surface area contributed by atoms with Gasteiger partial charge in [-0.3, -0.25) is 14.9 Å². The van der Waals surface area contributed by atoms with E-state index in [1.807, 2.05) is 11.8 Å². The second-order valence-corrected chi connectivity index (χ2v) is 5.04. The number of nitro groups is 1. The van der Waals surface area contributed by atoms with Gasteiger partial charge in [0.25, 0.3) is 5.69 Å². The van der Waals surface area contributed by atoms with Crippen LogP contribution in [-0.4, -0.2) is 29.1 Å². The lowest BCUT2D eigenvalue weighted by atomic mass is 9.86. The Labute approximate surface area is 110 Å². The third-order valence-corrected chi connectivity index (χ3v) is 3.67. The number of rotatable bonds is 4. The van der Waals surface area contributed by atoms with E-state index in [1.165, 1.54) is 6.07 Å². The number of anilines is 1. The van der Waals surface area contributed by atoms with Crippen LogP contribution in [-0.2, 0) is 4.79 Å². The molecule has 1 N–H and O–H groups in total. The second-order valence-electron chi connectivity index (χ2n) is 5.04. The molecule has 1 fully saturated rings. The van der Waals surface area contributed by atoms with E-state index in [9.17, 15) is 14.9 Å². The van der Waals surface area contributed by atoms with Crippen LogP contribution < -0.4 is 4.90 Å². The van der Waals surface area contributed by atoms with Crippen molar-refractivity contribution >= 4 is 17.3 Å². The summed E-state index contributed by atoms with van der Waals surface area (Å²) in [6.45, 7) is 4.66. The van der Waals surface area contributed by atoms with Crippen LogP contribution in [0.1, 0.15) is 12.5 Å². The van der Waals surface area contributed by atoms with Crippen LogP contribution in [0.25, 0.3) is 0 Å². The molecule has 0 spiro atoms. The van der Waals surface area contributed by atoms with E-state index in [-0.39, 0.29) is 11.6 Å². The summed E-state index contributed by atoms with van der Waals surface area (Å²) in [7, 11) is 0. The molecule has 102 valence electrons. The summed E-state index contributed by atoms with van der Waals surface area (Å²) in [5.41, 5.74) is 1.61. The Bertz CT molecular complexity index is 523. The summed E-state index contributed by atoms with van der Waals surface area (Å²) in [6, 6.07) is 4.98. The first kappa shape index (κ1) is 13.3. The van der Waals surface area contributed by atoms with Crippen molar-refractivity contribution in [1.29, 1.82) is 0 Å². The van der Waals surface area contributed by atoms with E-state index in [2.05, 4.69) is 0 Å². The first-order valence-electron chi connectivity index (χ1n) is 6.13. The molecule has 0 aliphatic carbocycles. The van der Waals surface area contributed by atoms with Crippen LogP contribution in [0.5, 0.6) is 0 Å². The Hall–Kier alpha value is -2.11. The molecule has 1 aliphatic heterocycles. The van der Waals surface area contributed by atoms with Crippen LogP contribution in [0.4, 0.5) is 11.4 Å². The standard InChI is InChI=1S/C13H16N2O4/c1-8-3-4-11(15(18)19)12(5-8)14-6-10(7-14)9(2)13(16)17/h3-5,9-10H,6-7H2,1-2H3,(H,16,17). The highest BCUT2D eigenvalue weighted by atomic mass is 16.6. The minimum absolute atomic E-state index is 0.0533. The van der Waals surface area contributed by atoms with Gasteiger partial charge in [0.15, 0.2) is 0 Å². The summed E-state index contributed by atoms with van der Waals surface area (Å²) < 4.78 is 0. The number of aliphatic carboxylic acids is 1. The Morgan fingerprint density at radius 2 is 2.16 bits per heavy atom. The zero-order chi connectivity index (χ0) is 14.2. The fourth-order valence-electron chi connectivity index (χ4n) is 2.27. The fraction of sp³-hybridized carbons (Fsp3) is 0.462. The maximum atomic E-state index is 11.0. The van der Waals surface area contributed by atoms with E-state index in [0.717, 1.165) is 5.56 Å². The number of nitrogens with zero attached hydrogens (tertiary/aromatic N) is 2. The monoisotopic (exact) mass is 264 g/mol. The van der Waals surface area contributed by atoms with Crippen LogP contribution in [0.2, 0.25) is 0 Å². The number of benzene rings is 1. The van der Waals surface area contributed by atoms with E-state index in [0.29, 0.717) is 18.8 Å². The maximum absolute atomic E-state index is 11.0. The van der Waals surface area contributed by atoms with Crippen molar-refractivity contribution in [3.63, 3.8) is 0 Å². The number of nitro benzene ring substituents is 1. The van der Waals surface area contributed by atoms with Gasteiger partial charge in [0.2, 0.25) is 0 Å². The zero-order valence-electron chi connectivity index (χ0n) is 10.9. The molecule has 2 rings (SSSR count). The van der Waals surface area contributed by atoms with Gasteiger partial charge in [0.05, 0.1) is 10.8 Å². The molecule has 1 aromatic rings. The number of carbonyl (C=O) groups is 1. The average molecular weight is 264 g/mol.